The minimum absolute atomic E-state index is 0.106. The highest BCUT2D eigenvalue weighted by Gasteiger charge is 2.44. The molecule has 1 saturated heterocycles. The van der Waals surface area contributed by atoms with E-state index in [2.05, 4.69) is 10.3 Å². The molecule has 6 nitrogen and oxygen atoms in total. The number of nitrogens with one attached hydrogen (secondary N) is 1. The van der Waals surface area contributed by atoms with Crippen molar-refractivity contribution in [3.8, 4) is 0 Å². The van der Waals surface area contributed by atoms with E-state index in [0.29, 0.717) is 32.4 Å². The van der Waals surface area contributed by atoms with Gasteiger partial charge < -0.3 is 5.32 Å². The van der Waals surface area contributed by atoms with E-state index in [1.807, 2.05) is 26.0 Å². The van der Waals surface area contributed by atoms with Crippen LogP contribution < -0.4 is 5.32 Å². The van der Waals surface area contributed by atoms with Gasteiger partial charge in [0, 0.05) is 36.9 Å². The number of benzene rings is 1. The van der Waals surface area contributed by atoms with Gasteiger partial charge >= 0.3 is 0 Å². The average Bonchev–Trinajstić information content (AvgIpc) is 2.80. The van der Waals surface area contributed by atoms with Crippen LogP contribution in [0.3, 0.4) is 0 Å². The summed E-state index contributed by atoms with van der Waals surface area (Å²) in [6, 6.07) is 7.31. The number of amides is 1. The molecule has 10 heteroatoms. The fourth-order valence-electron chi connectivity index (χ4n) is 4.47. The number of carbonyl (C=O) groups is 1. The molecule has 0 aliphatic carbocycles. The molecule has 1 aromatic heterocycles. The molecule has 1 aliphatic rings. The number of rotatable bonds is 8. The number of carbonyl (C=O) groups excluding carboxylic acids is 1. The summed E-state index contributed by atoms with van der Waals surface area (Å²) in [5, 5.41) is 2.11. The number of nitrogens with zero attached hydrogens (tertiary/aromatic N) is 2. The van der Waals surface area contributed by atoms with Gasteiger partial charge in [0.1, 0.15) is 11.6 Å². The van der Waals surface area contributed by atoms with Gasteiger partial charge in [0.2, 0.25) is 10.0 Å². The normalized spacial score (nSPS) is 17.5. The fourth-order valence-corrected chi connectivity index (χ4v) is 6.23. The van der Waals surface area contributed by atoms with Crippen LogP contribution in [0.5, 0.6) is 0 Å². The molecule has 3 rings (SSSR count). The van der Waals surface area contributed by atoms with Crippen molar-refractivity contribution in [3.63, 3.8) is 0 Å². The van der Waals surface area contributed by atoms with Crippen molar-refractivity contribution in [2.75, 3.05) is 25.4 Å². The first-order valence-electron chi connectivity index (χ1n) is 10.9. The van der Waals surface area contributed by atoms with Gasteiger partial charge in [-0.2, -0.15) is 0 Å². The van der Waals surface area contributed by atoms with Crippen molar-refractivity contribution >= 4 is 27.5 Å². The van der Waals surface area contributed by atoms with E-state index >= 15 is 0 Å². The Morgan fingerprint density at radius 2 is 1.88 bits per heavy atom. The van der Waals surface area contributed by atoms with Crippen LogP contribution in [0.2, 0.25) is 5.02 Å². The first-order valence-corrected chi connectivity index (χ1v) is 12.9. The Morgan fingerprint density at radius 1 is 1.21 bits per heavy atom. The number of piperidine rings is 1. The number of halogens is 3. The Labute approximate surface area is 198 Å². The zero-order valence-electron chi connectivity index (χ0n) is 18.7. The lowest BCUT2D eigenvalue weighted by atomic mass is 9.67. The van der Waals surface area contributed by atoms with Gasteiger partial charge in [-0.1, -0.05) is 31.5 Å². The van der Waals surface area contributed by atoms with Crippen LogP contribution in [0.25, 0.3) is 0 Å². The maximum atomic E-state index is 14.1. The lowest BCUT2D eigenvalue weighted by Crippen LogP contribution is -2.51. The minimum Gasteiger partial charge on any atom is -0.352 e. The van der Waals surface area contributed by atoms with Crippen molar-refractivity contribution in [3.05, 3.63) is 64.4 Å². The summed E-state index contributed by atoms with van der Waals surface area (Å²) in [5.41, 5.74) is -0.206. The summed E-state index contributed by atoms with van der Waals surface area (Å²) < 4.78 is 54.5. The zero-order chi connectivity index (χ0) is 24.2. The molecule has 1 amide bonds. The monoisotopic (exact) mass is 499 g/mol. The van der Waals surface area contributed by atoms with Crippen LogP contribution in [0.15, 0.2) is 36.5 Å². The average molecular weight is 500 g/mol. The van der Waals surface area contributed by atoms with Crippen LogP contribution in [-0.4, -0.2) is 49.0 Å². The number of pyridine rings is 1. The maximum absolute atomic E-state index is 14.1. The molecule has 0 saturated carbocycles. The summed E-state index contributed by atoms with van der Waals surface area (Å²) in [6.07, 6.45) is 3.29. The van der Waals surface area contributed by atoms with Gasteiger partial charge in [0.05, 0.1) is 16.3 Å². The molecular weight excluding hydrogens is 472 g/mol. The molecule has 1 aliphatic heterocycles. The molecule has 2 heterocycles. The number of hydrogen-bond donors (Lipinski definition) is 1. The second kappa shape index (κ2) is 10.4. The molecule has 1 atom stereocenters. The van der Waals surface area contributed by atoms with E-state index in [4.69, 9.17) is 11.6 Å². The molecular formula is C23H28ClF2N3O3S. The Bertz CT molecular complexity index is 1090. The zero-order valence-corrected chi connectivity index (χ0v) is 20.2. The maximum Gasteiger partial charge on any atom is 0.255 e. The third-order valence-corrected chi connectivity index (χ3v) is 8.87. The highest BCUT2D eigenvalue weighted by molar-refractivity contribution is 7.89. The van der Waals surface area contributed by atoms with Crippen LogP contribution in [0.4, 0.5) is 8.78 Å². The van der Waals surface area contributed by atoms with Gasteiger partial charge in [-0.3, -0.25) is 9.78 Å². The largest absolute Gasteiger partial charge is 0.352 e. The Balaban J connectivity index is 1.80. The molecule has 0 spiro atoms. The third kappa shape index (κ3) is 5.36. The van der Waals surface area contributed by atoms with Crippen LogP contribution in [0, 0.1) is 17.6 Å². The second-order valence-corrected chi connectivity index (χ2v) is 10.9. The quantitative estimate of drug-likeness (QED) is 0.553. The smallest absolute Gasteiger partial charge is 0.255 e. The Kier molecular flexibility index (Phi) is 8.08. The fraction of sp³-hybridized carbons (Fsp3) is 0.478. The summed E-state index contributed by atoms with van der Waals surface area (Å²) in [7, 11) is -3.32. The SMILES string of the molecule is CCCS(=O)(=O)N1CCC(c2ccccn2)(C(C)CNC(=O)c2c(F)ccc(F)c2Cl)CC1. The summed E-state index contributed by atoms with van der Waals surface area (Å²) in [5.74, 6) is -2.64. The van der Waals surface area contributed by atoms with Gasteiger partial charge in [-0.15, -0.1) is 0 Å². The minimum atomic E-state index is -3.32. The molecule has 1 aromatic carbocycles. The lowest BCUT2D eigenvalue weighted by molar-refractivity contribution is 0.0923. The van der Waals surface area contributed by atoms with E-state index in [1.165, 1.54) is 4.31 Å². The van der Waals surface area contributed by atoms with Crippen molar-refractivity contribution in [1.82, 2.24) is 14.6 Å². The van der Waals surface area contributed by atoms with Crippen molar-refractivity contribution in [1.29, 1.82) is 0 Å². The van der Waals surface area contributed by atoms with Crippen molar-refractivity contribution in [2.24, 2.45) is 5.92 Å². The Morgan fingerprint density at radius 3 is 2.48 bits per heavy atom. The van der Waals surface area contributed by atoms with E-state index < -0.39 is 43.6 Å². The Hall–Kier alpha value is -2.10. The first-order chi connectivity index (χ1) is 15.6. The second-order valence-electron chi connectivity index (χ2n) is 8.42. The molecule has 2 aromatic rings. The van der Waals surface area contributed by atoms with Crippen LogP contribution >= 0.6 is 11.6 Å². The van der Waals surface area contributed by atoms with Gasteiger partial charge in [0.15, 0.2) is 0 Å². The van der Waals surface area contributed by atoms with Gasteiger partial charge in [0.25, 0.3) is 5.91 Å². The summed E-state index contributed by atoms with van der Waals surface area (Å²) in [4.78, 5) is 17.1. The number of hydrogen-bond acceptors (Lipinski definition) is 4. The lowest BCUT2D eigenvalue weighted by Gasteiger charge is -2.45. The highest BCUT2D eigenvalue weighted by Crippen LogP contribution is 2.41. The summed E-state index contributed by atoms with van der Waals surface area (Å²) >= 11 is 5.82. The standard InChI is InChI=1S/C23H28ClF2N3O3S/c1-3-14-33(31,32)29-12-9-23(10-13-29,19-6-4-5-11-27-19)16(2)15-28-22(30)20-17(25)7-8-18(26)21(20)24/h4-8,11,16H,3,9-10,12-15H2,1-2H3,(H,28,30). The van der Waals surface area contributed by atoms with Crippen molar-refractivity contribution in [2.45, 2.75) is 38.5 Å². The number of aromatic nitrogens is 1. The van der Waals surface area contributed by atoms with Gasteiger partial charge in [-0.05, 0) is 49.4 Å². The molecule has 180 valence electrons. The summed E-state index contributed by atoms with van der Waals surface area (Å²) in [6.45, 7) is 4.62. The first kappa shape index (κ1) is 25.5. The highest BCUT2D eigenvalue weighted by atomic mass is 35.5. The molecule has 1 N–H and O–H groups in total. The molecule has 1 unspecified atom stereocenters. The van der Waals surface area contributed by atoms with E-state index in [9.17, 15) is 22.0 Å². The van der Waals surface area contributed by atoms with Gasteiger partial charge in [-0.25, -0.2) is 21.5 Å². The van der Waals surface area contributed by atoms with Crippen LogP contribution in [0.1, 0.15) is 49.2 Å². The number of sulfonamides is 1. The predicted octanol–water partition coefficient (Wildman–Crippen LogP) is 4.15. The third-order valence-electron chi connectivity index (χ3n) is 6.43. The van der Waals surface area contributed by atoms with E-state index in [0.717, 1.165) is 17.8 Å². The van der Waals surface area contributed by atoms with E-state index in [1.54, 1.807) is 12.3 Å². The van der Waals surface area contributed by atoms with E-state index in [-0.39, 0.29) is 18.2 Å². The van der Waals surface area contributed by atoms with Crippen LogP contribution in [-0.2, 0) is 15.4 Å². The predicted molar refractivity (Wildman–Crippen MR) is 124 cm³/mol. The molecule has 1 fully saturated rings. The molecule has 0 radical (unpaired) electrons. The molecule has 33 heavy (non-hydrogen) atoms. The molecule has 0 bridgehead atoms. The van der Waals surface area contributed by atoms with Crippen molar-refractivity contribution < 1.29 is 22.0 Å². The topological polar surface area (TPSA) is 79.4 Å².